The second-order valence-corrected chi connectivity index (χ2v) is 4.68. The van der Waals surface area contributed by atoms with Crippen LogP contribution in [0.25, 0.3) is 0 Å². The van der Waals surface area contributed by atoms with Crippen LogP contribution in [0.5, 0.6) is 0 Å². The predicted molar refractivity (Wildman–Crippen MR) is 57.3 cm³/mol. The van der Waals surface area contributed by atoms with Crippen molar-refractivity contribution in [2.24, 2.45) is 17.6 Å². The van der Waals surface area contributed by atoms with E-state index >= 15 is 0 Å². The summed E-state index contributed by atoms with van der Waals surface area (Å²) in [4.78, 5) is 11.8. The molecule has 0 radical (unpaired) electrons. The van der Waals surface area contributed by atoms with E-state index < -0.39 is 0 Å². The Bertz CT molecular complexity index is 227. The van der Waals surface area contributed by atoms with Crippen LogP contribution in [0.2, 0.25) is 0 Å². The fourth-order valence-electron chi connectivity index (χ4n) is 2.43. The quantitative estimate of drug-likeness (QED) is 0.705. The number of nitrogens with two attached hydrogens (primary N) is 1. The molecular formula is C11H20N2O2. The zero-order valence-corrected chi connectivity index (χ0v) is 9.08. The van der Waals surface area contributed by atoms with Crippen molar-refractivity contribution in [3.05, 3.63) is 0 Å². The van der Waals surface area contributed by atoms with Crippen LogP contribution in [-0.2, 0) is 9.53 Å². The summed E-state index contributed by atoms with van der Waals surface area (Å²) in [7, 11) is 0. The van der Waals surface area contributed by atoms with E-state index in [1.807, 2.05) is 0 Å². The van der Waals surface area contributed by atoms with Crippen molar-refractivity contribution in [1.82, 2.24) is 5.32 Å². The lowest BCUT2D eigenvalue weighted by Crippen LogP contribution is -2.40. The average Bonchev–Trinajstić information content (AvgIpc) is 2.84. The summed E-state index contributed by atoms with van der Waals surface area (Å²) in [6.45, 7) is 2.38. The van der Waals surface area contributed by atoms with E-state index in [2.05, 4.69) is 5.32 Å². The Morgan fingerprint density at radius 3 is 2.87 bits per heavy atom. The minimum absolute atomic E-state index is 0.0484. The van der Waals surface area contributed by atoms with Crippen LogP contribution in [-0.4, -0.2) is 31.7 Å². The molecule has 0 spiro atoms. The van der Waals surface area contributed by atoms with Gasteiger partial charge in [-0.2, -0.15) is 0 Å². The van der Waals surface area contributed by atoms with Gasteiger partial charge in [0.1, 0.15) is 0 Å². The van der Waals surface area contributed by atoms with Gasteiger partial charge in [-0.15, -0.1) is 0 Å². The fourth-order valence-corrected chi connectivity index (χ4v) is 2.43. The molecule has 86 valence electrons. The van der Waals surface area contributed by atoms with E-state index in [4.69, 9.17) is 10.5 Å². The van der Waals surface area contributed by atoms with Gasteiger partial charge in [0.15, 0.2) is 0 Å². The molecule has 1 aliphatic heterocycles. The van der Waals surface area contributed by atoms with Gasteiger partial charge in [0.05, 0.1) is 12.5 Å². The Kier molecular flexibility index (Phi) is 3.59. The zero-order chi connectivity index (χ0) is 10.7. The number of hydrogen-bond donors (Lipinski definition) is 2. The molecule has 4 heteroatoms. The van der Waals surface area contributed by atoms with Gasteiger partial charge in [0.25, 0.3) is 0 Å². The lowest BCUT2D eigenvalue weighted by atomic mass is 10.0. The molecule has 0 aromatic rings. The molecule has 0 aromatic heterocycles. The second-order valence-electron chi connectivity index (χ2n) is 4.68. The van der Waals surface area contributed by atoms with E-state index in [9.17, 15) is 4.79 Å². The zero-order valence-electron chi connectivity index (χ0n) is 9.08. The van der Waals surface area contributed by atoms with E-state index in [-0.39, 0.29) is 17.9 Å². The van der Waals surface area contributed by atoms with Gasteiger partial charge in [-0.05, 0) is 19.3 Å². The smallest absolute Gasteiger partial charge is 0.224 e. The highest BCUT2D eigenvalue weighted by Gasteiger charge is 2.30. The molecule has 1 aliphatic carbocycles. The first-order valence-electron chi connectivity index (χ1n) is 5.88. The number of carbonyl (C=O) groups excluding carboxylic acids is 1. The third kappa shape index (κ3) is 2.69. The van der Waals surface area contributed by atoms with Crippen LogP contribution in [0.15, 0.2) is 0 Å². The van der Waals surface area contributed by atoms with Gasteiger partial charge in [-0.1, -0.05) is 6.42 Å². The number of hydrogen-bond acceptors (Lipinski definition) is 3. The molecule has 2 rings (SSSR count). The van der Waals surface area contributed by atoms with Crippen molar-refractivity contribution in [2.75, 3.05) is 19.8 Å². The highest BCUT2D eigenvalue weighted by Crippen LogP contribution is 2.24. The van der Waals surface area contributed by atoms with Gasteiger partial charge in [-0.3, -0.25) is 4.79 Å². The van der Waals surface area contributed by atoms with Crippen molar-refractivity contribution >= 4 is 5.91 Å². The summed E-state index contributed by atoms with van der Waals surface area (Å²) in [6.07, 6.45) is 4.10. The Hall–Kier alpha value is -0.610. The number of rotatable bonds is 3. The highest BCUT2D eigenvalue weighted by molar-refractivity contribution is 5.79. The van der Waals surface area contributed by atoms with E-state index in [1.165, 1.54) is 0 Å². The van der Waals surface area contributed by atoms with Crippen LogP contribution in [0.4, 0.5) is 0 Å². The monoisotopic (exact) mass is 212 g/mol. The molecule has 1 heterocycles. The topological polar surface area (TPSA) is 64.4 Å². The van der Waals surface area contributed by atoms with Gasteiger partial charge in [0, 0.05) is 25.1 Å². The molecule has 1 saturated heterocycles. The summed E-state index contributed by atoms with van der Waals surface area (Å²) in [6, 6.07) is 0.0739. The number of carbonyl (C=O) groups is 1. The van der Waals surface area contributed by atoms with E-state index in [0.29, 0.717) is 5.92 Å². The van der Waals surface area contributed by atoms with E-state index in [0.717, 1.165) is 45.4 Å². The lowest BCUT2D eigenvalue weighted by Gasteiger charge is -2.16. The van der Waals surface area contributed by atoms with E-state index in [1.54, 1.807) is 0 Å². The lowest BCUT2D eigenvalue weighted by molar-refractivity contribution is -0.125. The molecular weight excluding hydrogens is 192 g/mol. The van der Waals surface area contributed by atoms with Gasteiger partial charge in [0.2, 0.25) is 5.91 Å². The Morgan fingerprint density at radius 2 is 2.27 bits per heavy atom. The normalized spacial score (nSPS) is 35.7. The van der Waals surface area contributed by atoms with Crippen molar-refractivity contribution < 1.29 is 9.53 Å². The molecule has 0 bridgehead atoms. The molecule has 4 nitrogen and oxygen atoms in total. The SMILES string of the molecule is NC1CCCC1C(=O)NCC1CCOC1. The van der Waals surface area contributed by atoms with Crippen molar-refractivity contribution in [3.8, 4) is 0 Å². The van der Waals surface area contributed by atoms with Crippen LogP contribution >= 0.6 is 0 Å². The second kappa shape index (κ2) is 4.94. The van der Waals surface area contributed by atoms with Crippen LogP contribution in [0, 0.1) is 11.8 Å². The summed E-state index contributed by atoms with van der Waals surface area (Å²) in [5, 5.41) is 3.00. The minimum atomic E-state index is 0.0484. The van der Waals surface area contributed by atoms with Crippen LogP contribution in [0.1, 0.15) is 25.7 Å². The predicted octanol–water partition coefficient (Wildman–Crippen LogP) is 0.266. The summed E-state index contributed by atoms with van der Waals surface area (Å²) in [5.41, 5.74) is 5.88. The number of nitrogens with one attached hydrogen (secondary N) is 1. The van der Waals surface area contributed by atoms with Crippen molar-refractivity contribution in [1.29, 1.82) is 0 Å². The largest absolute Gasteiger partial charge is 0.381 e. The average molecular weight is 212 g/mol. The molecule has 3 atom stereocenters. The van der Waals surface area contributed by atoms with Crippen molar-refractivity contribution in [2.45, 2.75) is 31.7 Å². The maximum Gasteiger partial charge on any atom is 0.224 e. The molecule has 1 saturated carbocycles. The first-order valence-corrected chi connectivity index (χ1v) is 5.88. The van der Waals surface area contributed by atoms with Gasteiger partial charge in [-0.25, -0.2) is 0 Å². The summed E-state index contributed by atoms with van der Waals surface area (Å²) < 4.78 is 5.26. The summed E-state index contributed by atoms with van der Waals surface area (Å²) >= 11 is 0. The maximum absolute atomic E-state index is 11.8. The van der Waals surface area contributed by atoms with Crippen LogP contribution in [0.3, 0.4) is 0 Å². The summed E-state index contributed by atoms with van der Waals surface area (Å²) in [5.74, 6) is 0.700. The molecule has 1 amide bonds. The fraction of sp³-hybridized carbons (Fsp3) is 0.909. The number of amides is 1. The maximum atomic E-state index is 11.8. The Morgan fingerprint density at radius 1 is 1.40 bits per heavy atom. The highest BCUT2D eigenvalue weighted by atomic mass is 16.5. The Labute approximate surface area is 90.5 Å². The molecule has 2 fully saturated rings. The van der Waals surface area contributed by atoms with Crippen molar-refractivity contribution in [3.63, 3.8) is 0 Å². The standard InChI is InChI=1S/C11H20N2O2/c12-10-3-1-2-9(10)11(14)13-6-8-4-5-15-7-8/h8-10H,1-7,12H2,(H,13,14). The first-order chi connectivity index (χ1) is 7.27. The molecule has 3 N–H and O–H groups in total. The number of ether oxygens (including phenoxy) is 1. The van der Waals surface area contributed by atoms with Crippen LogP contribution < -0.4 is 11.1 Å². The third-order valence-corrected chi connectivity index (χ3v) is 3.50. The van der Waals surface area contributed by atoms with Gasteiger partial charge >= 0.3 is 0 Å². The Balaban J connectivity index is 1.71. The molecule has 3 unspecified atom stereocenters. The minimum Gasteiger partial charge on any atom is -0.381 e. The van der Waals surface area contributed by atoms with Gasteiger partial charge < -0.3 is 15.8 Å². The molecule has 0 aromatic carbocycles. The third-order valence-electron chi connectivity index (χ3n) is 3.50. The molecule has 2 aliphatic rings. The first kappa shape index (κ1) is 10.9. The molecule has 15 heavy (non-hydrogen) atoms.